The van der Waals surface area contributed by atoms with Crippen molar-refractivity contribution in [2.24, 2.45) is 5.92 Å². The number of carbonyl (C=O) groups excluding carboxylic acids is 3. The fraction of sp³-hybridized carbons (Fsp3) is 0.636. The maximum absolute atomic E-state index is 11.8. The Kier molecular flexibility index (Phi) is 3.89. The van der Waals surface area contributed by atoms with Gasteiger partial charge in [0.05, 0.1) is 6.54 Å². The molecule has 0 aliphatic carbocycles. The van der Waals surface area contributed by atoms with Crippen molar-refractivity contribution in [3.05, 3.63) is 0 Å². The lowest BCUT2D eigenvalue weighted by Gasteiger charge is -2.40. The Morgan fingerprint density at radius 3 is 2.50 bits per heavy atom. The molecular formula is C11H14N2O7. The summed E-state index contributed by atoms with van der Waals surface area (Å²) in [5, 5.41) is 13.3. The monoisotopic (exact) mass is 286 g/mol. The molecule has 0 radical (unpaired) electrons. The van der Waals surface area contributed by atoms with Crippen LogP contribution in [0, 0.1) is 5.92 Å². The first-order chi connectivity index (χ1) is 9.43. The summed E-state index contributed by atoms with van der Waals surface area (Å²) >= 11 is 0. The number of esters is 2. The molecule has 0 unspecified atom stereocenters. The van der Waals surface area contributed by atoms with E-state index in [1.165, 1.54) is 0 Å². The number of carboxylic acid groups (broad SMARTS) is 1. The highest BCUT2D eigenvalue weighted by Gasteiger charge is 2.52. The van der Waals surface area contributed by atoms with Crippen molar-refractivity contribution in [2.75, 3.05) is 19.6 Å². The molecule has 1 amide bonds. The lowest BCUT2D eigenvalue weighted by Crippen LogP contribution is -2.59. The van der Waals surface area contributed by atoms with Gasteiger partial charge in [0.1, 0.15) is 6.54 Å². The fourth-order valence-corrected chi connectivity index (χ4v) is 2.10. The van der Waals surface area contributed by atoms with Gasteiger partial charge in [-0.3, -0.25) is 19.2 Å². The molecule has 0 aromatic rings. The Morgan fingerprint density at radius 2 is 2.00 bits per heavy atom. The van der Waals surface area contributed by atoms with Gasteiger partial charge in [0, 0.05) is 6.42 Å². The topological polar surface area (TPSA) is 131 Å². The zero-order chi connectivity index (χ0) is 14.8. The normalized spacial score (nSPS) is 29.5. The number of piperidine rings is 1. The van der Waals surface area contributed by atoms with Crippen LogP contribution in [0.25, 0.3) is 0 Å². The third-order valence-corrected chi connectivity index (χ3v) is 3.03. The van der Waals surface area contributed by atoms with Gasteiger partial charge < -0.3 is 25.2 Å². The van der Waals surface area contributed by atoms with Crippen LogP contribution in [0.1, 0.15) is 12.8 Å². The van der Waals surface area contributed by atoms with Crippen molar-refractivity contribution in [3.8, 4) is 0 Å². The maximum atomic E-state index is 11.8. The van der Waals surface area contributed by atoms with Crippen LogP contribution in [0.2, 0.25) is 0 Å². The van der Waals surface area contributed by atoms with E-state index in [0.717, 1.165) is 6.54 Å². The maximum Gasteiger partial charge on any atom is 0.333 e. The molecule has 20 heavy (non-hydrogen) atoms. The van der Waals surface area contributed by atoms with E-state index in [1.54, 1.807) is 0 Å². The molecule has 2 aliphatic heterocycles. The SMILES string of the molecule is O=C(O)CNC(=O)C1C(=O)OC2(CCCNC2)OC1=O. The van der Waals surface area contributed by atoms with Crippen molar-refractivity contribution < 1.29 is 33.8 Å². The molecule has 9 heteroatoms. The fourth-order valence-electron chi connectivity index (χ4n) is 2.10. The Balaban J connectivity index is 2.03. The van der Waals surface area contributed by atoms with Gasteiger partial charge in [-0.15, -0.1) is 0 Å². The second kappa shape index (κ2) is 5.45. The highest BCUT2D eigenvalue weighted by atomic mass is 16.7. The van der Waals surface area contributed by atoms with Gasteiger partial charge in [-0.05, 0) is 13.0 Å². The minimum Gasteiger partial charge on any atom is -0.480 e. The second-order valence-electron chi connectivity index (χ2n) is 4.58. The Bertz CT molecular complexity index is 436. The zero-order valence-electron chi connectivity index (χ0n) is 10.5. The molecule has 0 atom stereocenters. The summed E-state index contributed by atoms with van der Waals surface area (Å²) in [6.45, 7) is 0.204. The molecule has 9 nitrogen and oxygen atoms in total. The van der Waals surface area contributed by atoms with Gasteiger partial charge in [-0.2, -0.15) is 0 Å². The van der Waals surface area contributed by atoms with Crippen LogP contribution in [0.5, 0.6) is 0 Å². The van der Waals surface area contributed by atoms with Crippen LogP contribution in [0.3, 0.4) is 0 Å². The first-order valence-corrected chi connectivity index (χ1v) is 6.09. The van der Waals surface area contributed by atoms with Crippen LogP contribution in [-0.2, 0) is 28.7 Å². The summed E-state index contributed by atoms with van der Waals surface area (Å²) < 4.78 is 10.1. The standard InChI is InChI=1S/C11H14N2O7/c14-6(15)4-13-8(16)7-9(17)19-11(20-10(7)18)2-1-3-12-5-11/h7,12H,1-5H2,(H,13,16)(H,14,15). The van der Waals surface area contributed by atoms with Crippen molar-refractivity contribution >= 4 is 23.8 Å². The molecule has 2 fully saturated rings. The number of amides is 1. The number of ether oxygens (including phenoxy) is 2. The average Bonchev–Trinajstić information content (AvgIpc) is 2.36. The summed E-state index contributed by atoms with van der Waals surface area (Å²) in [4.78, 5) is 45.5. The molecule has 2 saturated heterocycles. The van der Waals surface area contributed by atoms with Gasteiger partial charge in [-0.25, -0.2) is 0 Å². The Morgan fingerprint density at radius 1 is 1.35 bits per heavy atom. The summed E-state index contributed by atoms with van der Waals surface area (Å²) in [7, 11) is 0. The molecule has 0 aromatic heterocycles. The summed E-state index contributed by atoms with van der Waals surface area (Å²) in [6.07, 6.45) is 1.03. The highest BCUT2D eigenvalue weighted by Crippen LogP contribution is 2.29. The molecule has 0 aromatic carbocycles. The third-order valence-electron chi connectivity index (χ3n) is 3.03. The number of hydrogen-bond acceptors (Lipinski definition) is 7. The van der Waals surface area contributed by atoms with Crippen molar-refractivity contribution in [1.82, 2.24) is 10.6 Å². The van der Waals surface area contributed by atoms with E-state index in [4.69, 9.17) is 14.6 Å². The predicted molar refractivity (Wildman–Crippen MR) is 61.2 cm³/mol. The summed E-state index contributed by atoms with van der Waals surface area (Å²) in [6, 6.07) is 0. The molecule has 1 spiro atoms. The van der Waals surface area contributed by atoms with Gasteiger partial charge in [-0.1, -0.05) is 0 Å². The van der Waals surface area contributed by atoms with Gasteiger partial charge in [0.15, 0.2) is 0 Å². The van der Waals surface area contributed by atoms with Crippen LogP contribution in [-0.4, -0.2) is 54.3 Å². The average molecular weight is 286 g/mol. The minimum absolute atomic E-state index is 0.175. The number of nitrogens with one attached hydrogen (secondary N) is 2. The predicted octanol–water partition coefficient (Wildman–Crippen LogP) is -2.02. The van der Waals surface area contributed by atoms with Crippen molar-refractivity contribution in [3.63, 3.8) is 0 Å². The van der Waals surface area contributed by atoms with Gasteiger partial charge >= 0.3 is 17.9 Å². The smallest absolute Gasteiger partial charge is 0.333 e. The van der Waals surface area contributed by atoms with Crippen molar-refractivity contribution in [2.45, 2.75) is 18.6 Å². The van der Waals surface area contributed by atoms with E-state index in [-0.39, 0.29) is 6.54 Å². The van der Waals surface area contributed by atoms with Crippen LogP contribution in [0.4, 0.5) is 0 Å². The zero-order valence-corrected chi connectivity index (χ0v) is 10.5. The van der Waals surface area contributed by atoms with Gasteiger partial charge in [0.25, 0.3) is 5.79 Å². The molecule has 0 bridgehead atoms. The van der Waals surface area contributed by atoms with E-state index in [1.807, 2.05) is 5.32 Å². The quantitative estimate of drug-likeness (QED) is 0.400. The van der Waals surface area contributed by atoms with E-state index in [9.17, 15) is 19.2 Å². The molecular weight excluding hydrogens is 272 g/mol. The van der Waals surface area contributed by atoms with Crippen LogP contribution in [0.15, 0.2) is 0 Å². The van der Waals surface area contributed by atoms with Gasteiger partial charge in [0.2, 0.25) is 11.8 Å². The first-order valence-electron chi connectivity index (χ1n) is 6.09. The number of rotatable bonds is 3. The summed E-state index contributed by atoms with van der Waals surface area (Å²) in [5.41, 5.74) is 0. The number of hydrogen-bond donors (Lipinski definition) is 3. The number of carboxylic acids is 1. The minimum atomic E-state index is -1.78. The molecule has 110 valence electrons. The molecule has 2 rings (SSSR count). The molecule has 3 N–H and O–H groups in total. The Labute approximate surface area is 113 Å². The second-order valence-corrected chi connectivity index (χ2v) is 4.58. The lowest BCUT2D eigenvalue weighted by molar-refractivity contribution is -0.254. The highest BCUT2D eigenvalue weighted by molar-refractivity contribution is 6.15. The van der Waals surface area contributed by atoms with E-state index < -0.39 is 42.1 Å². The molecule has 2 heterocycles. The summed E-state index contributed by atoms with van der Waals surface area (Å²) in [5.74, 6) is -7.50. The van der Waals surface area contributed by atoms with Crippen LogP contribution >= 0.6 is 0 Å². The van der Waals surface area contributed by atoms with E-state index in [2.05, 4.69) is 5.32 Å². The largest absolute Gasteiger partial charge is 0.480 e. The molecule has 0 saturated carbocycles. The van der Waals surface area contributed by atoms with E-state index >= 15 is 0 Å². The lowest BCUT2D eigenvalue weighted by atomic mass is 10.0. The number of aliphatic carboxylic acids is 1. The van der Waals surface area contributed by atoms with E-state index in [0.29, 0.717) is 12.8 Å². The van der Waals surface area contributed by atoms with Crippen LogP contribution < -0.4 is 10.6 Å². The van der Waals surface area contributed by atoms with Crippen molar-refractivity contribution in [1.29, 1.82) is 0 Å². The third kappa shape index (κ3) is 2.87. The Hall–Kier alpha value is -2.16. The molecule has 2 aliphatic rings. The number of carbonyl (C=O) groups is 4. The first kappa shape index (κ1) is 14.3.